The lowest BCUT2D eigenvalue weighted by Crippen LogP contribution is -2.28. The maximum Gasteiger partial charge on any atom is 0.435 e. The zero-order chi connectivity index (χ0) is 20.3. The van der Waals surface area contributed by atoms with Gasteiger partial charge in [0.2, 0.25) is 5.88 Å². The number of carbonyl (C=O) groups excluding carboxylic acids is 1. The first-order chi connectivity index (χ1) is 13.3. The van der Waals surface area contributed by atoms with Crippen molar-refractivity contribution in [3.63, 3.8) is 0 Å². The summed E-state index contributed by atoms with van der Waals surface area (Å²) in [4.78, 5) is 14.8. The molecule has 0 aliphatic carbocycles. The standard InChI is InChI=1S/C18H16F3N5O2/c1-28-16-7-6-13(10-23-16)26-14(8-15(25-26)18(19,20)21)12-4-2-11(3-5-12)9-24-17(22)27/h2-8,10H,9H2,1H3,(H3,22,24,27). The molecule has 1 aromatic carbocycles. The number of primary amides is 1. The van der Waals surface area contributed by atoms with Gasteiger partial charge in [0.1, 0.15) is 0 Å². The van der Waals surface area contributed by atoms with Gasteiger partial charge in [-0.1, -0.05) is 24.3 Å². The van der Waals surface area contributed by atoms with E-state index in [4.69, 9.17) is 10.5 Å². The van der Waals surface area contributed by atoms with E-state index in [0.717, 1.165) is 11.6 Å². The lowest BCUT2D eigenvalue weighted by atomic mass is 10.1. The Morgan fingerprint density at radius 1 is 1.21 bits per heavy atom. The number of amides is 2. The van der Waals surface area contributed by atoms with E-state index in [9.17, 15) is 18.0 Å². The van der Waals surface area contributed by atoms with Gasteiger partial charge in [-0.25, -0.2) is 14.5 Å². The number of pyridine rings is 1. The summed E-state index contributed by atoms with van der Waals surface area (Å²) in [5, 5.41) is 6.15. The third-order valence-corrected chi connectivity index (χ3v) is 3.89. The minimum absolute atomic E-state index is 0.213. The lowest BCUT2D eigenvalue weighted by Gasteiger charge is -2.09. The number of nitrogens with zero attached hydrogens (tertiary/aromatic N) is 3. The molecule has 0 aliphatic heterocycles. The number of alkyl halides is 3. The minimum Gasteiger partial charge on any atom is -0.481 e. The van der Waals surface area contributed by atoms with Gasteiger partial charge in [0.05, 0.1) is 24.7 Å². The van der Waals surface area contributed by atoms with E-state index in [-0.39, 0.29) is 12.2 Å². The van der Waals surface area contributed by atoms with Crippen LogP contribution >= 0.6 is 0 Å². The van der Waals surface area contributed by atoms with Crippen LogP contribution in [0, 0.1) is 0 Å². The second-order valence-corrected chi connectivity index (χ2v) is 5.80. The molecule has 2 amide bonds. The molecule has 0 atom stereocenters. The van der Waals surface area contributed by atoms with Gasteiger partial charge in [-0.3, -0.25) is 0 Å². The predicted octanol–water partition coefficient (Wildman–Crippen LogP) is 3.13. The number of benzene rings is 1. The fraction of sp³-hybridized carbons (Fsp3) is 0.167. The Balaban J connectivity index is 2.01. The molecule has 3 aromatic rings. The molecule has 7 nitrogen and oxygen atoms in total. The Kier molecular flexibility index (Phi) is 5.21. The van der Waals surface area contributed by atoms with Crippen molar-refractivity contribution in [2.75, 3.05) is 7.11 Å². The van der Waals surface area contributed by atoms with Gasteiger partial charge in [-0.15, -0.1) is 0 Å². The summed E-state index contributed by atoms with van der Waals surface area (Å²) < 4.78 is 45.8. The molecule has 0 bridgehead atoms. The first-order valence-electron chi connectivity index (χ1n) is 8.08. The fourth-order valence-corrected chi connectivity index (χ4v) is 2.52. The topological polar surface area (TPSA) is 95.1 Å². The van der Waals surface area contributed by atoms with Crippen molar-refractivity contribution < 1.29 is 22.7 Å². The number of hydrogen-bond acceptors (Lipinski definition) is 4. The minimum atomic E-state index is -4.59. The summed E-state index contributed by atoms with van der Waals surface area (Å²) in [7, 11) is 1.44. The van der Waals surface area contributed by atoms with E-state index in [0.29, 0.717) is 17.1 Å². The zero-order valence-corrected chi connectivity index (χ0v) is 14.7. The van der Waals surface area contributed by atoms with Crippen LogP contribution in [0.1, 0.15) is 11.3 Å². The Labute approximate surface area is 157 Å². The number of nitrogens with two attached hydrogens (primary N) is 1. The van der Waals surface area contributed by atoms with Gasteiger partial charge < -0.3 is 15.8 Å². The number of hydrogen-bond donors (Lipinski definition) is 2. The van der Waals surface area contributed by atoms with E-state index >= 15 is 0 Å². The van der Waals surface area contributed by atoms with Crippen LogP contribution in [0.2, 0.25) is 0 Å². The van der Waals surface area contributed by atoms with Crippen LogP contribution in [0.25, 0.3) is 16.9 Å². The molecule has 0 radical (unpaired) electrons. The van der Waals surface area contributed by atoms with Gasteiger partial charge >= 0.3 is 12.2 Å². The fourth-order valence-electron chi connectivity index (χ4n) is 2.52. The highest BCUT2D eigenvalue weighted by molar-refractivity contribution is 5.71. The largest absolute Gasteiger partial charge is 0.481 e. The monoisotopic (exact) mass is 391 g/mol. The molecule has 3 N–H and O–H groups in total. The molecular formula is C18H16F3N5O2. The number of ether oxygens (including phenoxy) is 1. The van der Waals surface area contributed by atoms with Crippen LogP contribution in [0.5, 0.6) is 5.88 Å². The van der Waals surface area contributed by atoms with Crippen molar-refractivity contribution in [1.29, 1.82) is 0 Å². The second-order valence-electron chi connectivity index (χ2n) is 5.80. The smallest absolute Gasteiger partial charge is 0.435 e. The highest BCUT2D eigenvalue weighted by Gasteiger charge is 2.35. The molecule has 0 saturated heterocycles. The first-order valence-corrected chi connectivity index (χ1v) is 8.08. The average molecular weight is 391 g/mol. The van der Waals surface area contributed by atoms with Crippen LogP contribution in [0.15, 0.2) is 48.7 Å². The van der Waals surface area contributed by atoms with E-state index in [1.54, 1.807) is 30.3 Å². The number of rotatable bonds is 5. The van der Waals surface area contributed by atoms with Crippen LogP contribution in [0.3, 0.4) is 0 Å². The number of carbonyl (C=O) groups is 1. The van der Waals surface area contributed by atoms with Gasteiger partial charge in [0, 0.05) is 18.2 Å². The zero-order valence-electron chi connectivity index (χ0n) is 14.7. The van der Waals surface area contributed by atoms with Crippen LogP contribution in [0.4, 0.5) is 18.0 Å². The highest BCUT2D eigenvalue weighted by atomic mass is 19.4. The third-order valence-electron chi connectivity index (χ3n) is 3.89. The van der Waals surface area contributed by atoms with Crippen molar-refractivity contribution in [2.24, 2.45) is 5.73 Å². The summed E-state index contributed by atoms with van der Waals surface area (Å²) in [5.74, 6) is 0.333. The SMILES string of the molecule is COc1ccc(-n2nc(C(F)(F)F)cc2-c2ccc(CNC(N)=O)cc2)cn1. The number of aromatic nitrogens is 3. The van der Waals surface area contributed by atoms with Crippen LogP contribution in [-0.2, 0) is 12.7 Å². The van der Waals surface area contributed by atoms with Crippen molar-refractivity contribution in [3.05, 3.63) is 59.9 Å². The third kappa shape index (κ3) is 4.22. The van der Waals surface area contributed by atoms with Gasteiger partial charge in [0.25, 0.3) is 0 Å². The van der Waals surface area contributed by atoms with Gasteiger partial charge in [-0.05, 0) is 17.7 Å². The molecule has 28 heavy (non-hydrogen) atoms. The predicted molar refractivity (Wildman–Crippen MR) is 94.8 cm³/mol. The Bertz CT molecular complexity index is 966. The maximum atomic E-state index is 13.2. The second kappa shape index (κ2) is 7.59. The quantitative estimate of drug-likeness (QED) is 0.699. The van der Waals surface area contributed by atoms with E-state index in [2.05, 4.69) is 15.4 Å². The van der Waals surface area contributed by atoms with Crippen molar-refractivity contribution in [3.8, 4) is 22.8 Å². The molecular weight excluding hydrogens is 375 g/mol. The maximum absolute atomic E-state index is 13.2. The summed E-state index contributed by atoms with van der Waals surface area (Å²) in [6.07, 6.45) is -3.22. The number of methoxy groups -OCH3 is 1. The summed E-state index contributed by atoms with van der Waals surface area (Å²) >= 11 is 0. The van der Waals surface area contributed by atoms with E-state index in [1.165, 1.54) is 24.1 Å². The number of nitrogens with one attached hydrogen (secondary N) is 1. The Hall–Kier alpha value is -3.56. The summed E-state index contributed by atoms with van der Waals surface area (Å²) in [6.45, 7) is 0.213. The highest BCUT2D eigenvalue weighted by Crippen LogP contribution is 2.33. The summed E-state index contributed by atoms with van der Waals surface area (Å²) in [5.41, 5.74) is 5.87. The molecule has 0 saturated carbocycles. The van der Waals surface area contributed by atoms with Crippen LogP contribution < -0.4 is 15.8 Å². The Morgan fingerprint density at radius 2 is 1.93 bits per heavy atom. The van der Waals surface area contributed by atoms with Gasteiger partial charge in [0.15, 0.2) is 5.69 Å². The summed E-state index contributed by atoms with van der Waals surface area (Å²) in [6, 6.07) is 10.1. The van der Waals surface area contributed by atoms with E-state index < -0.39 is 17.9 Å². The first kappa shape index (κ1) is 19.2. The molecule has 10 heteroatoms. The molecule has 0 aliphatic rings. The lowest BCUT2D eigenvalue weighted by molar-refractivity contribution is -0.141. The molecule has 2 aromatic heterocycles. The number of halogens is 3. The van der Waals surface area contributed by atoms with Crippen molar-refractivity contribution >= 4 is 6.03 Å². The van der Waals surface area contributed by atoms with Gasteiger partial charge in [-0.2, -0.15) is 18.3 Å². The van der Waals surface area contributed by atoms with Crippen LogP contribution in [-0.4, -0.2) is 27.9 Å². The molecule has 0 fully saturated rings. The molecule has 2 heterocycles. The Morgan fingerprint density at radius 3 is 2.46 bits per heavy atom. The molecule has 3 rings (SSSR count). The number of urea groups is 1. The normalized spacial score (nSPS) is 11.3. The molecule has 0 spiro atoms. The van der Waals surface area contributed by atoms with Crippen molar-refractivity contribution in [1.82, 2.24) is 20.1 Å². The average Bonchev–Trinajstić information content (AvgIpc) is 3.13. The van der Waals surface area contributed by atoms with E-state index in [1.807, 2.05) is 0 Å². The molecule has 146 valence electrons. The molecule has 0 unspecified atom stereocenters. The van der Waals surface area contributed by atoms with Crippen molar-refractivity contribution in [2.45, 2.75) is 12.7 Å².